The molecule has 0 radical (unpaired) electrons. The second-order valence-corrected chi connectivity index (χ2v) is 6.13. The van der Waals surface area contributed by atoms with Gasteiger partial charge in [-0.3, -0.25) is 4.18 Å². The highest BCUT2D eigenvalue weighted by Crippen LogP contribution is 2.23. The van der Waals surface area contributed by atoms with Crippen LogP contribution in [0.2, 0.25) is 0 Å². The molecule has 0 heterocycles. The average molecular weight is 294 g/mol. The molecular formula is C15H15FO3S. The lowest BCUT2D eigenvalue weighted by Crippen LogP contribution is -2.10. The summed E-state index contributed by atoms with van der Waals surface area (Å²) in [5.74, 6) is -0.425. The van der Waals surface area contributed by atoms with Gasteiger partial charge in [-0.1, -0.05) is 29.8 Å². The van der Waals surface area contributed by atoms with Crippen LogP contribution in [0.3, 0.4) is 0 Å². The van der Waals surface area contributed by atoms with Crippen LogP contribution in [-0.2, 0) is 14.3 Å². The van der Waals surface area contributed by atoms with E-state index in [0.717, 1.165) is 5.56 Å². The summed E-state index contributed by atoms with van der Waals surface area (Å²) in [5.41, 5.74) is 1.43. The number of halogens is 1. The maximum absolute atomic E-state index is 13.1. The highest BCUT2D eigenvalue weighted by Gasteiger charge is 2.20. The largest absolute Gasteiger partial charge is 0.297 e. The Bertz CT molecular complexity index is 693. The van der Waals surface area contributed by atoms with E-state index in [2.05, 4.69) is 0 Å². The molecule has 0 amide bonds. The van der Waals surface area contributed by atoms with E-state index in [4.69, 9.17) is 4.18 Å². The van der Waals surface area contributed by atoms with Crippen LogP contribution in [0, 0.1) is 12.7 Å². The Kier molecular flexibility index (Phi) is 4.20. The minimum absolute atomic E-state index is 0.0892. The fourth-order valence-corrected chi connectivity index (χ4v) is 2.84. The van der Waals surface area contributed by atoms with Gasteiger partial charge in [0.1, 0.15) is 5.82 Å². The molecule has 106 valence electrons. The normalized spacial score (nSPS) is 13.2. The molecule has 0 fully saturated rings. The van der Waals surface area contributed by atoms with Crippen molar-refractivity contribution in [1.29, 1.82) is 0 Å². The molecule has 1 unspecified atom stereocenters. The highest BCUT2D eigenvalue weighted by atomic mass is 32.2. The molecule has 2 aromatic carbocycles. The fraction of sp³-hybridized carbons (Fsp3) is 0.200. The van der Waals surface area contributed by atoms with Gasteiger partial charge in [0.2, 0.25) is 0 Å². The Balaban J connectivity index is 2.22. The molecule has 0 saturated heterocycles. The molecule has 3 nitrogen and oxygen atoms in total. The van der Waals surface area contributed by atoms with Gasteiger partial charge in [0.15, 0.2) is 0 Å². The number of rotatable bonds is 4. The summed E-state index contributed by atoms with van der Waals surface area (Å²) in [7, 11) is -3.86. The first-order valence-corrected chi connectivity index (χ1v) is 7.55. The van der Waals surface area contributed by atoms with Crippen molar-refractivity contribution in [3.8, 4) is 0 Å². The SMILES string of the molecule is Cc1ccc(S(=O)(=O)OC(C)c2cccc(F)c2)cc1. The van der Waals surface area contributed by atoms with Gasteiger partial charge in [0.05, 0.1) is 11.0 Å². The van der Waals surface area contributed by atoms with E-state index in [1.165, 1.54) is 30.3 Å². The molecule has 0 aliphatic carbocycles. The Morgan fingerprint density at radius 2 is 1.75 bits per heavy atom. The molecule has 0 aliphatic rings. The number of hydrogen-bond acceptors (Lipinski definition) is 3. The maximum atomic E-state index is 13.1. The summed E-state index contributed by atoms with van der Waals surface area (Å²) >= 11 is 0. The van der Waals surface area contributed by atoms with E-state index in [9.17, 15) is 12.8 Å². The Morgan fingerprint density at radius 3 is 2.35 bits per heavy atom. The minimum atomic E-state index is -3.86. The lowest BCUT2D eigenvalue weighted by molar-refractivity contribution is 0.233. The van der Waals surface area contributed by atoms with Crippen molar-refractivity contribution in [2.45, 2.75) is 24.8 Å². The number of hydrogen-bond donors (Lipinski definition) is 0. The van der Waals surface area contributed by atoms with E-state index < -0.39 is 22.0 Å². The predicted octanol–water partition coefficient (Wildman–Crippen LogP) is 3.60. The van der Waals surface area contributed by atoms with Crippen molar-refractivity contribution in [3.05, 3.63) is 65.5 Å². The second-order valence-electron chi connectivity index (χ2n) is 4.56. The highest BCUT2D eigenvalue weighted by molar-refractivity contribution is 7.86. The lowest BCUT2D eigenvalue weighted by Gasteiger charge is -2.13. The second kappa shape index (κ2) is 5.73. The van der Waals surface area contributed by atoms with Crippen LogP contribution in [0.5, 0.6) is 0 Å². The van der Waals surface area contributed by atoms with E-state index in [1.807, 2.05) is 6.92 Å². The molecule has 0 N–H and O–H groups in total. The van der Waals surface area contributed by atoms with Gasteiger partial charge in [0, 0.05) is 0 Å². The third kappa shape index (κ3) is 3.43. The predicted molar refractivity (Wildman–Crippen MR) is 74.3 cm³/mol. The summed E-state index contributed by atoms with van der Waals surface area (Å²) in [4.78, 5) is 0.0892. The van der Waals surface area contributed by atoms with Crippen molar-refractivity contribution in [2.75, 3.05) is 0 Å². The quantitative estimate of drug-likeness (QED) is 0.809. The van der Waals surface area contributed by atoms with Crippen molar-refractivity contribution in [2.24, 2.45) is 0 Å². The van der Waals surface area contributed by atoms with Crippen LogP contribution in [0.4, 0.5) is 4.39 Å². The van der Waals surface area contributed by atoms with E-state index in [0.29, 0.717) is 5.56 Å². The van der Waals surface area contributed by atoms with Gasteiger partial charge in [-0.25, -0.2) is 4.39 Å². The Labute approximate surface area is 118 Å². The zero-order valence-corrected chi connectivity index (χ0v) is 12.0. The van der Waals surface area contributed by atoms with Gasteiger partial charge >= 0.3 is 0 Å². The molecule has 0 spiro atoms. The van der Waals surface area contributed by atoms with Gasteiger partial charge in [-0.2, -0.15) is 8.42 Å². The topological polar surface area (TPSA) is 43.4 Å². The van der Waals surface area contributed by atoms with Gasteiger partial charge in [0.25, 0.3) is 10.1 Å². The zero-order chi connectivity index (χ0) is 14.8. The molecule has 2 rings (SSSR count). The first kappa shape index (κ1) is 14.7. The number of benzene rings is 2. The smallest absolute Gasteiger partial charge is 0.258 e. The number of aryl methyl sites for hydroxylation is 1. The van der Waals surface area contributed by atoms with E-state index in [-0.39, 0.29) is 4.90 Å². The Morgan fingerprint density at radius 1 is 1.10 bits per heavy atom. The standard InChI is InChI=1S/C15H15FO3S/c1-11-6-8-15(9-7-11)20(17,18)19-12(2)13-4-3-5-14(16)10-13/h3-10,12H,1-2H3. The van der Waals surface area contributed by atoms with Crippen LogP contribution in [0.25, 0.3) is 0 Å². The molecule has 0 aromatic heterocycles. The van der Waals surface area contributed by atoms with E-state index in [1.54, 1.807) is 25.1 Å². The van der Waals surface area contributed by atoms with Crippen molar-refractivity contribution >= 4 is 10.1 Å². The minimum Gasteiger partial charge on any atom is -0.258 e. The van der Waals surface area contributed by atoms with Crippen LogP contribution < -0.4 is 0 Å². The first-order valence-electron chi connectivity index (χ1n) is 6.14. The Hall–Kier alpha value is -1.72. The average Bonchev–Trinajstić information content (AvgIpc) is 2.38. The lowest BCUT2D eigenvalue weighted by atomic mass is 10.1. The van der Waals surface area contributed by atoms with Gasteiger partial charge in [-0.05, 0) is 43.7 Å². The summed E-state index contributed by atoms with van der Waals surface area (Å²) < 4.78 is 42.4. The molecule has 0 aliphatic heterocycles. The molecule has 0 saturated carbocycles. The van der Waals surface area contributed by atoms with Crippen LogP contribution in [0.1, 0.15) is 24.2 Å². The van der Waals surface area contributed by atoms with Crippen molar-refractivity contribution < 1.29 is 17.0 Å². The monoisotopic (exact) mass is 294 g/mol. The van der Waals surface area contributed by atoms with Crippen LogP contribution in [0.15, 0.2) is 53.4 Å². The zero-order valence-electron chi connectivity index (χ0n) is 11.2. The third-order valence-electron chi connectivity index (χ3n) is 2.90. The van der Waals surface area contributed by atoms with Crippen molar-refractivity contribution in [3.63, 3.8) is 0 Å². The first-order chi connectivity index (χ1) is 9.38. The third-order valence-corrected chi connectivity index (χ3v) is 4.29. The summed E-state index contributed by atoms with van der Waals surface area (Å²) in [6.07, 6.45) is -0.753. The summed E-state index contributed by atoms with van der Waals surface area (Å²) in [6.45, 7) is 3.44. The molecule has 2 aromatic rings. The van der Waals surface area contributed by atoms with Crippen LogP contribution in [-0.4, -0.2) is 8.42 Å². The fourth-order valence-electron chi connectivity index (χ4n) is 1.77. The summed E-state index contributed by atoms with van der Waals surface area (Å²) in [6, 6.07) is 12.1. The molecule has 0 bridgehead atoms. The van der Waals surface area contributed by atoms with Gasteiger partial charge in [-0.15, -0.1) is 0 Å². The van der Waals surface area contributed by atoms with E-state index >= 15 is 0 Å². The molecule has 5 heteroatoms. The molecule has 1 atom stereocenters. The van der Waals surface area contributed by atoms with Gasteiger partial charge < -0.3 is 0 Å². The molecule has 20 heavy (non-hydrogen) atoms. The molecular weight excluding hydrogens is 279 g/mol. The van der Waals surface area contributed by atoms with Crippen molar-refractivity contribution in [1.82, 2.24) is 0 Å². The summed E-state index contributed by atoms with van der Waals surface area (Å²) in [5, 5.41) is 0. The maximum Gasteiger partial charge on any atom is 0.297 e. The van der Waals surface area contributed by atoms with Crippen LogP contribution >= 0.6 is 0 Å².